The van der Waals surface area contributed by atoms with Crippen molar-refractivity contribution in [3.05, 3.63) is 88.6 Å². The van der Waals surface area contributed by atoms with Gasteiger partial charge in [0.15, 0.2) is 12.1 Å². The van der Waals surface area contributed by atoms with Crippen LogP contribution in [0.4, 0.5) is 11.6 Å². The van der Waals surface area contributed by atoms with Crippen molar-refractivity contribution in [3.63, 3.8) is 0 Å². The van der Waals surface area contributed by atoms with Gasteiger partial charge in [-0.25, -0.2) is 4.98 Å². The number of nitrogens with zero attached hydrogens (tertiary/aromatic N) is 1. The third-order valence-electron chi connectivity index (χ3n) is 5.39. The molecular weight excluding hydrogens is 482 g/mol. The Morgan fingerprint density at radius 1 is 1.00 bits per heavy atom. The maximum absolute atomic E-state index is 13.1. The van der Waals surface area contributed by atoms with Gasteiger partial charge in [-0.1, -0.05) is 36.4 Å². The largest absolute Gasteiger partial charge is 0.381 e. The number of fused-ring (bicyclic) bond motifs is 1. The first-order valence-electron chi connectivity index (χ1n) is 10.7. The Bertz CT molecular complexity index is 1480. The molecule has 5 rings (SSSR count). The lowest BCUT2D eigenvalue weighted by molar-refractivity contribution is -0.125. The Morgan fingerprint density at radius 2 is 1.83 bits per heavy atom. The van der Waals surface area contributed by atoms with Gasteiger partial charge < -0.3 is 26.5 Å². The summed E-state index contributed by atoms with van der Waals surface area (Å²) in [7, 11) is 0. The zero-order valence-corrected chi connectivity index (χ0v) is 19.9. The van der Waals surface area contributed by atoms with Crippen LogP contribution in [-0.2, 0) is 4.79 Å². The van der Waals surface area contributed by atoms with Crippen molar-refractivity contribution in [1.82, 2.24) is 15.3 Å². The minimum Gasteiger partial charge on any atom is -0.381 e. The topological polar surface area (TPSA) is 133 Å². The van der Waals surface area contributed by atoms with Crippen molar-refractivity contribution in [3.8, 4) is 9.75 Å². The summed E-state index contributed by atoms with van der Waals surface area (Å²) in [6.07, 6.45) is -1.54. The molecule has 8 nitrogen and oxygen atoms in total. The number of nitrogens with one attached hydrogen (secondary N) is 3. The van der Waals surface area contributed by atoms with Gasteiger partial charge in [0, 0.05) is 15.4 Å². The lowest BCUT2D eigenvalue weighted by Gasteiger charge is -2.24. The minimum absolute atomic E-state index is 0.270. The van der Waals surface area contributed by atoms with Crippen molar-refractivity contribution in [2.45, 2.75) is 12.1 Å². The van der Waals surface area contributed by atoms with E-state index < -0.39 is 18.1 Å². The van der Waals surface area contributed by atoms with Crippen LogP contribution in [-0.4, -0.2) is 33.0 Å². The van der Waals surface area contributed by atoms with Crippen LogP contribution in [0.25, 0.3) is 20.8 Å². The highest BCUT2D eigenvalue weighted by atomic mass is 32.1. The van der Waals surface area contributed by atoms with Crippen LogP contribution < -0.4 is 16.4 Å². The monoisotopic (exact) mass is 503 g/mol. The molecule has 2 atom stereocenters. The molecule has 2 unspecified atom stereocenters. The lowest BCUT2D eigenvalue weighted by atomic mass is 10.0. The third-order valence-corrected chi connectivity index (χ3v) is 7.54. The van der Waals surface area contributed by atoms with Gasteiger partial charge in [-0.2, -0.15) is 0 Å². The molecule has 3 heterocycles. The van der Waals surface area contributed by atoms with Crippen molar-refractivity contribution in [2.75, 3.05) is 11.1 Å². The minimum atomic E-state index is -1.54. The molecule has 5 aromatic rings. The molecule has 10 heteroatoms. The number of hydrogen-bond donors (Lipinski definition) is 5. The number of aromatic nitrogens is 2. The van der Waals surface area contributed by atoms with Crippen LogP contribution in [0.3, 0.4) is 0 Å². The van der Waals surface area contributed by atoms with Crippen molar-refractivity contribution in [1.29, 1.82) is 0 Å². The summed E-state index contributed by atoms with van der Waals surface area (Å²) < 4.78 is 0. The smallest absolute Gasteiger partial charge is 0.261 e. The van der Waals surface area contributed by atoms with E-state index in [1.807, 2.05) is 29.6 Å². The van der Waals surface area contributed by atoms with E-state index in [-0.39, 0.29) is 11.9 Å². The van der Waals surface area contributed by atoms with Crippen LogP contribution in [0.15, 0.2) is 78.2 Å². The molecule has 2 aromatic carbocycles. The van der Waals surface area contributed by atoms with Gasteiger partial charge in [-0.05, 0) is 47.3 Å². The second-order valence-corrected chi connectivity index (χ2v) is 9.82. The number of aliphatic hydroxyl groups excluding tert-OH is 1. The van der Waals surface area contributed by atoms with Gasteiger partial charge in [0.05, 0.1) is 22.0 Å². The zero-order chi connectivity index (χ0) is 24.4. The molecule has 0 aliphatic heterocycles. The van der Waals surface area contributed by atoms with Gasteiger partial charge in [-0.3, -0.25) is 9.59 Å². The summed E-state index contributed by atoms with van der Waals surface area (Å²) in [5.74, 6) is -0.754. The fourth-order valence-electron chi connectivity index (χ4n) is 3.70. The van der Waals surface area contributed by atoms with E-state index in [1.54, 1.807) is 59.9 Å². The Hall–Kier alpha value is -3.99. The number of aliphatic hydroxyl groups is 1. The first kappa shape index (κ1) is 22.8. The summed E-state index contributed by atoms with van der Waals surface area (Å²) in [6, 6.07) is 20.6. The second-order valence-electron chi connectivity index (χ2n) is 7.79. The molecule has 3 aromatic heterocycles. The molecule has 0 fully saturated rings. The molecule has 6 N–H and O–H groups in total. The van der Waals surface area contributed by atoms with E-state index in [2.05, 4.69) is 20.6 Å². The SMILES string of the molecule is Nc1nc2ccc(NC(=O)C(O)C(NC(=O)c3ccc(-c4cccs4)s3)c3ccccc3)cc2[nH]1. The Kier molecular flexibility index (Phi) is 6.32. The molecule has 176 valence electrons. The highest BCUT2D eigenvalue weighted by Gasteiger charge is 2.30. The van der Waals surface area contributed by atoms with Gasteiger partial charge in [-0.15, -0.1) is 22.7 Å². The molecule has 0 aliphatic rings. The molecule has 0 bridgehead atoms. The van der Waals surface area contributed by atoms with Crippen LogP contribution >= 0.6 is 22.7 Å². The molecule has 35 heavy (non-hydrogen) atoms. The standard InChI is InChI=1S/C25H21N5O3S2/c26-25-28-16-9-8-15(13-17(16)29-25)27-24(33)22(31)21(14-5-2-1-3-6-14)30-23(32)20-11-10-19(35-20)18-7-4-12-34-18/h1-13,21-22,31H,(H,27,33)(H,30,32)(H3,26,28,29). The van der Waals surface area contributed by atoms with Crippen molar-refractivity contribution in [2.24, 2.45) is 0 Å². The summed E-state index contributed by atoms with van der Waals surface area (Å²) >= 11 is 2.95. The number of imidazole rings is 1. The Morgan fingerprint density at radius 3 is 2.60 bits per heavy atom. The van der Waals surface area contributed by atoms with E-state index in [1.165, 1.54) is 11.3 Å². The molecular formula is C25H21N5O3S2. The van der Waals surface area contributed by atoms with Crippen molar-refractivity contribution >= 4 is 57.2 Å². The lowest BCUT2D eigenvalue weighted by Crippen LogP contribution is -2.42. The second kappa shape index (κ2) is 9.71. The van der Waals surface area contributed by atoms with Gasteiger partial charge in [0.2, 0.25) is 0 Å². The number of H-pyrrole nitrogens is 1. The predicted octanol–water partition coefficient (Wildman–Crippen LogP) is 4.41. The highest BCUT2D eigenvalue weighted by molar-refractivity contribution is 7.22. The fraction of sp³-hybridized carbons (Fsp3) is 0.0800. The maximum atomic E-state index is 13.1. The Balaban J connectivity index is 1.36. The number of carbonyl (C=O) groups excluding carboxylic acids is 2. The number of thiophene rings is 2. The maximum Gasteiger partial charge on any atom is 0.261 e. The van der Waals surface area contributed by atoms with Crippen molar-refractivity contribution < 1.29 is 14.7 Å². The number of nitrogen functional groups attached to an aromatic ring is 1. The predicted molar refractivity (Wildman–Crippen MR) is 139 cm³/mol. The van der Waals surface area contributed by atoms with Crippen LogP contribution in [0.2, 0.25) is 0 Å². The van der Waals surface area contributed by atoms with Crippen LogP contribution in [0.5, 0.6) is 0 Å². The number of amides is 2. The molecule has 0 spiro atoms. The summed E-state index contributed by atoms with van der Waals surface area (Å²) in [5, 5.41) is 18.5. The number of anilines is 2. The fourth-order valence-corrected chi connectivity index (χ4v) is 5.45. The molecule has 2 amide bonds. The summed E-state index contributed by atoms with van der Waals surface area (Å²) in [6.45, 7) is 0. The van der Waals surface area contributed by atoms with Gasteiger partial charge in [0.1, 0.15) is 0 Å². The first-order valence-corrected chi connectivity index (χ1v) is 12.4. The average Bonchev–Trinajstić information content (AvgIpc) is 3.62. The first-order chi connectivity index (χ1) is 17.0. The van der Waals surface area contributed by atoms with E-state index in [9.17, 15) is 14.7 Å². The number of benzene rings is 2. The molecule has 0 saturated carbocycles. The number of nitrogens with two attached hydrogens (primary N) is 1. The van der Waals surface area contributed by atoms with E-state index in [4.69, 9.17) is 5.73 Å². The quantitative estimate of drug-likeness (QED) is 0.224. The Labute approximate surface area is 208 Å². The van der Waals surface area contributed by atoms with E-state index in [0.29, 0.717) is 27.2 Å². The zero-order valence-electron chi connectivity index (χ0n) is 18.3. The number of hydrogen-bond acceptors (Lipinski definition) is 7. The molecule has 0 radical (unpaired) electrons. The van der Waals surface area contributed by atoms with E-state index in [0.717, 1.165) is 9.75 Å². The average molecular weight is 504 g/mol. The molecule has 0 aliphatic carbocycles. The highest BCUT2D eigenvalue weighted by Crippen LogP contribution is 2.32. The summed E-state index contributed by atoms with van der Waals surface area (Å²) in [4.78, 5) is 35.6. The van der Waals surface area contributed by atoms with Gasteiger partial charge >= 0.3 is 0 Å². The van der Waals surface area contributed by atoms with E-state index >= 15 is 0 Å². The number of aromatic amines is 1. The third kappa shape index (κ3) is 4.94. The van der Waals surface area contributed by atoms with Crippen LogP contribution in [0.1, 0.15) is 21.3 Å². The normalized spacial score (nSPS) is 12.8. The number of rotatable bonds is 7. The molecule has 0 saturated heterocycles. The summed E-state index contributed by atoms with van der Waals surface area (Å²) in [5.41, 5.74) is 8.07. The number of carbonyl (C=O) groups is 2. The van der Waals surface area contributed by atoms with Gasteiger partial charge in [0.25, 0.3) is 11.8 Å². The van der Waals surface area contributed by atoms with Crippen LogP contribution in [0, 0.1) is 0 Å².